The molecule has 0 spiro atoms. The Morgan fingerprint density at radius 3 is 2.32 bits per heavy atom. The monoisotopic (exact) mass is 345 g/mol. The van der Waals surface area contributed by atoms with Crippen LogP contribution in [0, 0.1) is 0 Å². The summed E-state index contributed by atoms with van der Waals surface area (Å²) in [6.45, 7) is 5.87. The number of halogens is 1. The van der Waals surface area contributed by atoms with Crippen molar-refractivity contribution in [2.75, 3.05) is 4.31 Å². The van der Waals surface area contributed by atoms with Crippen molar-refractivity contribution in [3.05, 3.63) is 27.7 Å². The highest BCUT2D eigenvalue weighted by molar-refractivity contribution is 9.10. The average Bonchev–Trinajstić information content (AvgIpc) is 2.31. The maximum Gasteiger partial charge on any atom is 0.262 e. The van der Waals surface area contributed by atoms with E-state index >= 15 is 0 Å². The van der Waals surface area contributed by atoms with E-state index in [1.807, 2.05) is 32.9 Å². The zero-order chi connectivity index (χ0) is 14.2. The third-order valence-corrected chi connectivity index (χ3v) is 5.24. The van der Waals surface area contributed by atoms with Gasteiger partial charge in [0.25, 0.3) is 11.3 Å². The van der Waals surface area contributed by atoms with Crippen LogP contribution in [-0.2, 0) is 24.1 Å². The molecule has 0 saturated carbocycles. The molecule has 2 rings (SSSR count). The zero-order valence-electron chi connectivity index (χ0n) is 11.6. The topological polar surface area (TPSA) is 40.5 Å². The summed E-state index contributed by atoms with van der Waals surface area (Å²) in [6.07, 6.45) is 4.35. The van der Waals surface area contributed by atoms with Crippen molar-refractivity contribution in [1.82, 2.24) is 0 Å². The van der Waals surface area contributed by atoms with Crippen LogP contribution in [0.25, 0.3) is 0 Å². The van der Waals surface area contributed by atoms with Gasteiger partial charge in [0.2, 0.25) is 0 Å². The first-order valence-corrected chi connectivity index (χ1v) is 8.39. The van der Waals surface area contributed by atoms with Gasteiger partial charge in [0.05, 0.1) is 5.69 Å². The van der Waals surface area contributed by atoms with Gasteiger partial charge >= 0.3 is 0 Å². The van der Waals surface area contributed by atoms with Gasteiger partial charge in [0.1, 0.15) is 0 Å². The Hall–Kier alpha value is -0.390. The Bertz CT molecular complexity index is 511. The lowest BCUT2D eigenvalue weighted by atomic mass is 9.90. The van der Waals surface area contributed by atoms with Gasteiger partial charge in [-0.2, -0.15) is 0 Å². The van der Waals surface area contributed by atoms with Crippen LogP contribution < -0.4 is 4.31 Å². The lowest BCUT2D eigenvalue weighted by molar-refractivity contribution is 0.513. The molecule has 0 heterocycles. The number of hydrogen-bond donors (Lipinski definition) is 1. The minimum Gasteiger partial charge on any atom is -0.289 e. The molecule has 1 aliphatic carbocycles. The van der Waals surface area contributed by atoms with Crippen LogP contribution in [0.15, 0.2) is 16.6 Å². The molecule has 0 radical (unpaired) electrons. The minimum absolute atomic E-state index is 0.390. The predicted octanol–water partition coefficient (Wildman–Crippen LogP) is 4.07. The molecule has 0 aliphatic heterocycles. The first-order chi connectivity index (χ1) is 8.82. The van der Waals surface area contributed by atoms with Crippen molar-refractivity contribution < 1.29 is 8.76 Å². The first kappa shape index (κ1) is 15.0. The standard InChI is InChI=1S/C14H20BrNO2S/c1-14(2,3)16(19(17)18)13-9-8-12(15)10-6-4-5-7-11(10)13/h8-9H,4-7H2,1-3H3,(H,17,18). The van der Waals surface area contributed by atoms with E-state index in [9.17, 15) is 8.76 Å². The van der Waals surface area contributed by atoms with E-state index in [1.165, 1.54) is 17.5 Å². The van der Waals surface area contributed by atoms with Crippen LogP contribution in [0.3, 0.4) is 0 Å². The van der Waals surface area contributed by atoms with Crippen LogP contribution in [0.1, 0.15) is 44.7 Å². The van der Waals surface area contributed by atoms with E-state index in [0.717, 1.165) is 29.4 Å². The largest absolute Gasteiger partial charge is 0.289 e. The molecule has 0 fully saturated rings. The number of anilines is 1. The number of rotatable bonds is 2. The van der Waals surface area contributed by atoms with Crippen molar-refractivity contribution in [3.8, 4) is 0 Å². The molecule has 0 saturated heterocycles. The number of fused-ring (bicyclic) bond motifs is 1. The Balaban J connectivity index is 2.58. The van der Waals surface area contributed by atoms with E-state index < -0.39 is 16.8 Å². The first-order valence-electron chi connectivity index (χ1n) is 6.54. The lowest BCUT2D eigenvalue weighted by Gasteiger charge is -2.36. The molecule has 1 N–H and O–H groups in total. The van der Waals surface area contributed by atoms with Gasteiger partial charge < -0.3 is 0 Å². The molecule has 1 aliphatic rings. The highest BCUT2D eigenvalue weighted by Crippen LogP contribution is 2.38. The van der Waals surface area contributed by atoms with E-state index in [-0.39, 0.29) is 0 Å². The van der Waals surface area contributed by atoms with Gasteiger partial charge in [-0.05, 0) is 69.7 Å². The lowest BCUT2D eigenvalue weighted by Crippen LogP contribution is -2.43. The Morgan fingerprint density at radius 1 is 1.21 bits per heavy atom. The SMILES string of the molecule is CC(C)(C)N(c1ccc(Br)c2c1CCCC2)S(=O)O. The highest BCUT2D eigenvalue weighted by Gasteiger charge is 2.30. The number of benzene rings is 1. The smallest absolute Gasteiger partial charge is 0.262 e. The molecule has 5 heteroatoms. The van der Waals surface area contributed by atoms with Crippen molar-refractivity contribution in [2.24, 2.45) is 0 Å². The molecule has 1 aromatic rings. The second kappa shape index (κ2) is 5.54. The molecule has 0 amide bonds. The molecule has 1 aromatic carbocycles. The van der Waals surface area contributed by atoms with Crippen molar-refractivity contribution in [2.45, 2.75) is 52.0 Å². The summed E-state index contributed by atoms with van der Waals surface area (Å²) < 4.78 is 24.1. The minimum atomic E-state index is -2.01. The van der Waals surface area contributed by atoms with Gasteiger partial charge in [-0.25, -0.2) is 4.21 Å². The quantitative estimate of drug-likeness (QED) is 0.820. The van der Waals surface area contributed by atoms with Gasteiger partial charge in [-0.1, -0.05) is 15.9 Å². The molecule has 0 aromatic heterocycles. The third kappa shape index (κ3) is 3.03. The molecule has 1 atom stereocenters. The number of nitrogens with zero attached hydrogens (tertiary/aromatic N) is 1. The van der Waals surface area contributed by atoms with E-state index in [2.05, 4.69) is 15.9 Å². The third-order valence-electron chi connectivity index (χ3n) is 3.44. The Morgan fingerprint density at radius 2 is 1.79 bits per heavy atom. The zero-order valence-corrected chi connectivity index (χ0v) is 14.0. The van der Waals surface area contributed by atoms with Crippen molar-refractivity contribution in [3.63, 3.8) is 0 Å². The molecular formula is C14H20BrNO2S. The summed E-state index contributed by atoms with van der Waals surface area (Å²) in [4.78, 5) is 0. The van der Waals surface area contributed by atoms with Gasteiger partial charge in [-0.15, -0.1) is 0 Å². The van der Waals surface area contributed by atoms with Gasteiger partial charge in [0.15, 0.2) is 0 Å². The predicted molar refractivity (Wildman–Crippen MR) is 83.8 cm³/mol. The Labute approximate surface area is 125 Å². The molecule has 0 bridgehead atoms. The van der Waals surface area contributed by atoms with Gasteiger partial charge in [0, 0.05) is 10.0 Å². The van der Waals surface area contributed by atoms with Crippen LogP contribution in [0.4, 0.5) is 5.69 Å². The maximum absolute atomic E-state index is 11.7. The van der Waals surface area contributed by atoms with Crippen LogP contribution in [0.2, 0.25) is 0 Å². The fourth-order valence-corrected chi connectivity index (χ4v) is 4.05. The maximum atomic E-state index is 11.7. The summed E-state index contributed by atoms with van der Waals surface area (Å²) in [6, 6.07) is 3.94. The van der Waals surface area contributed by atoms with Gasteiger partial charge in [-0.3, -0.25) is 8.86 Å². The molecule has 3 nitrogen and oxygen atoms in total. The fourth-order valence-electron chi connectivity index (χ4n) is 2.67. The summed E-state index contributed by atoms with van der Waals surface area (Å²) in [7, 11) is 0. The second-order valence-electron chi connectivity index (χ2n) is 5.93. The molecule has 1 unspecified atom stereocenters. The van der Waals surface area contributed by atoms with E-state index in [1.54, 1.807) is 4.31 Å². The second-order valence-corrected chi connectivity index (χ2v) is 7.61. The molecular weight excluding hydrogens is 326 g/mol. The number of hydrogen-bond acceptors (Lipinski definition) is 1. The molecule has 106 valence electrons. The summed E-state index contributed by atoms with van der Waals surface area (Å²) >= 11 is 1.59. The normalized spacial score (nSPS) is 16.9. The van der Waals surface area contributed by atoms with Crippen molar-refractivity contribution in [1.29, 1.82) is 0 Å². The Kier molecular flexibility index (Phi) is 4.38. The average molecular weight is 346 g/mol. The van der Waals surface area contributed by atoms with Crippen LogP contribution in [-0.4, -0.2) is 14.3 Å². The van der Waals surface area contributed by atoms with Crippen molar-refractivity contribution >= 4 is 32.9 Å². The fraction of sp³-hybridized carbons (Fsp3) is 0.571. The van der Waals surface area contributed by atoms with E-state index in [4.69, 9.17) is 0 Å². The summed E-state index contributed by atoms with van der Waals surface area (Å²) in [5.74, 6) is 0. The van der Waals surface area contributed by atoms with Crippen LogP contribution in [0.5, 0.6) is 0 Å². The summed E-state index contributed by atoms with van der Waals surface area (Å²) in [5.41, 5.74) is 3.02. The highest BCUT2D eigenvalue weighted by atomic mass is 79.9. The van der Waals surface area contributed by atoms with E-state index in [0.29, 0.717) is 0 Å². The molecule has 19 heavy (non-hydrogen) atoms. The summed E-state index contributed by atoms with van der Waals surface area (Å²) in [5, 5.41) is 0. The van der Waals surface area contributed by atoms with Crippen LogP contribution >= 0.6 is 15.9 Å².